The van der Waals surface area contributed by atoms with Crippen LogP contribution >= 0.6 is 0 Å². The van der Waals surface area contributed by atoms with E-state index in [-0.39, 0.29) is 21.7 Å². The standard InChI is InChI=1S/C14H14N2O4S/c1-16(2)21(19,20)12-8-4-3-6-10(12)13-11(14(17)18)7-5-9-15-13/h3-9H,1-2H3,(H,17,18). The number of carboxylic acid groups (broad SMARTS) is 1. The first kappa shape index (κ1) is 15.1. The van der Waals surface area contributed by atoms with Crippen molar-refractivity contribution in [3.05, 3.63) is 48.2 Å². The molecule has 0 radical (unpaired) electrons. The Morgan fingerprint density at radius 3 is 2.43 bits per heavy atom. The van der Waals surface area contributed by atoms with Gasteiger partial charge >= 0.3 is 5.97 Å². The van der Waals surface area contributed by atoms with Crippen molar-refractivity contribution < 1.29 is 18.3 Å². The van der Waals surface area contributed by atoms with E-state index in [1.807, 2.05) is 0 Å². The highest BCUT2D eigenvalue weighted by Crippen LogP contribution is 2.29. The van der Waals surface area contributed by atoms with Crippen LogP contribution in [0, 0.1) is 0 Å². The molecule has 0 amide bonds. The van der Waals surface area contributed by atoms with Gasteiger partial charge in [-0.3, -0.25) is 4.98 Å². The van der Waals surface area contributed by atoms with Gasteiger partial charge in [-0.05, 0) is 18.2 Å². The van der Waals surface area contributed by atoms with Crippen molar-refractivity contribution in [2.75, 3.05) is 14.1 Å². The summed E-state index contributed by atoms with van der Waals surface area (Å²) in [7, 11) is -0.859. The molecule has 0 aliphatic heterocycles. The molecule has 1 N–H and O–H groups in total. The van der Waals surface area contributed by atoms with Crippen LogP contribution in [0.15, 0.2) is 47.5 Å². The minimum atomic E-state index is -3.70. The maximum atomic E-state index is 12.4. The Hall–Kier alpha value is -2.25. The summed E-state index contributed by atoms with van der Waals surface area (Å²) in [6.45, 7) is 0. The van der Waals surface area contributed by atoms with Gasteiger partial charge in [-0.15, -0.1) is 0 Å². The van der Waals surface area contributed by atoms with Gasteiger partial charge in [0.05, 0.1) is 16.2 Å². The highest BCUT2D eigenvalue weighted by Gasteiger charge is 2.24. The summed E-state index contributed by atoms with van der Waals surface area (Å²) in [6.07, 6.45) is 1.43. The number of hydrogen-bond donors (Lipinski definition) is 1. The molecule has 0 unspecified atom stereocenters. The molecule has 0 fully saturated rings. The number of hydrogen-bond acceptors (Lipinski definition) is 4. The number of aromatic nitrogens is 1. The van der Waals surface area contributed by atoms with Crippen molar-refractivity contribution in [2.24, 2.45) is 0 Å². The van der Waals surface area contributed by atoms with E-state index in [9.17, 15) is 18.3 Å². The summed E-state index contributed by atoms with van der Waals surface area (Å²) >= 11 is 0. The monoisotopic (exact) mass is 306 g/mol. The largest absolute Gasteiger partial charge is 0.478 e. The van der Waals surface area contributed by atoms with Gasteiger partial charge in [0, 0.05) is 25.9 Å². The van der Waals surface area contributed by atoms with Crippen molar-refractivity contribution >= 4 is 16.0 Å². The van der Waals surface area contributed by atoms with E-state index < -0.39 is 16.0 Å². The lowest BCUT2D eigenvalue weighted by Gasteiger charge is -2.15. The van der Waals surface area contributed by atoms with Gasteiger partial charge in [0.2, 0.25) is 10.0 Å². The molecule has 1 aromatic heterocycles. The first-order chi connectivity index (χ1) is 9.85. The number of aromatic carboxylic acids is 1. The molecule has 0 aliphatic carbocycles. The zero-order chi connectivity index (χ0) is 15.6. The third-order valence-electron chi connectivity index (χ3n) is 2.94. The number of nitrogens with zero attached hydrogens (tertiary/aromatic N) is 2. The minimum Gasteiger partial charge on any atom is -0.478 e. The summed E-state index contributed by atoms with van der Waals surface area (Å²) in [5.41, 5.74) is 0.356. The van der Waals surface area contributed by atoms with Crippen molar-refractivity contribution in [1.29, 1.82) is 0 Å². The molecular weight excluding hydrogens is 292 g/mol. The summed E-state index contributed by atoms with van der Waals surface area (Å²) in [6, 6.07) is 9.10. The van der Waals surface area contributed by atoms with Crippen molar-refractivity contribution in [3.63, 3.8) is 0 Å². The molecule has 1 aromatic carbocycles. The van der Waals surface area contributed by atoms with Crippen LogP contribution in [-0.4, -0.2) is 42.9 Å². The van der Waals surface area contributed by atoms with Crippen molar-refractivity contribution in [3.8, 4) is 11.3 Å². The Morgan fingerprint density at radius 2 is 1.81 bits per heavy atom. The molecule has 21 heavy (non-hydrogen) atoms. The maximum absolute atomic E-state index is 12.4. The predicted molar refractivity (Wildman–Crippen MR) is 77.5 cm³/mol. The molecule has 0 saturated heterocycles. The summed E-state index contributed by atoms with van der Waals surface area (Å²) in [4.78, 5) is 15.4. The lowest BCUT2D eigenvalue weighted by molar-refractivity contribution is 0.0697. The van der Waals surface area contributed by atoms with E-state index in [2.05, 4.69) is 4.98 Å². The predicted octanol–water partition coefficient (Wildman–Crippen LogP) is 1.70. The molecule has 0 atom stereocenters. The quantitative estimate of drug-likeness (QED) is 0.929. The van der Waals surface area contributed by atoms with Crippen LogP contribution in [0.2, 0.25) is 0 Å². The van der Waals surface area contributed by atoms with Crippen LogP contribution in [0.4, 0.5) is 0 Å². The molecule has 110 valence electrons. The van der Waals surface area contributed by atoms with Crippen LogP contribution in [0.1, 0.15) is 10.4 Å². The fourth-order valence-corrected chi connectivity index (χ4v) is 2.96. The fraction of sp³-hybridized carbons (Fsp3) is 0.143. The maximum Gasteiger partial charge on any atom is 0.337 e. The van der Waals surface area contributed by atoms with E-state index >= 15 is 0 Å². The van der Waals surface area contributed by atoms with E-state index in [0.29, 0.717) is 0 Å². The molecule has 1 heterocycles. The Balaban J connectivity index is 2.76. The molecule has 0 saturated carbocycles. The average Bonchev–Trinajstić information content (AvgIpc) is 2.47. The fourth-order valence-electron chi connectivity index (χ4n) is 1.88. The Bertz CT molecular complexity index is 785. The smallest absolute Gasteiger partial charge is 0.337 e. The first-order valence-electron chi connectivity index (χ1n) is 6.06. The molecule has 2 rings (SSSR count). The minimum absolute atomic E-state index is 0.0243. The molecule has 6 nitrogen and oxygen atoms in total. The van der Waals surface area contributed by atoms with Crippen LogP contribution in [0.5, 0.6) is 0 Å². The van der Waals surface area contributed by atoms with Crippen LogP contribution < -0.4 is 0 Å². The lowest BCUT2D eigenvalue weighted by atomic mass is 10.1. The van der Waals surface area contributed by atoms with Crippen LogP contribution in [0.25, 0.3) is 11.3 Å². The van der Waals surface area contributed by atoms with Crippen molar-refractivity contribution in [1.82, 2.24) is 9.29 Å². The number of sulfonamides is 1. The highest BCUT2D eigenvalue weighted by molar-refractivity contribution is 7.89. The number of benzene rings is 1. The second-order valence-electron chi connectivity index (χ2n) is 4.49. The van der Waals surface area contributed by atoms with E-state index in [0.717, 1.165) is 4.31 Å². The molecule has 0 spiro atoms. The Labute approximate surface area is 122 Å². The van der Waals surface area contributed by atoms with E-state index in [4.69, 9.17) is 0 Å². The second-order valence-corrected chi connectivity index (χ2v) is 6.61. The average molecular weight is 306 g/mol. The SMILES string of the molecule is CN(C)S(=O)(=O)c1ccccc1-c1ncccc1C(=O)O. The lowest BCUT2D eigenvalue weighted by Crippen LogP contribution is -2.23. The molecule has 0 aliphatic rings. The van der Waals surface area contributed by atoms with Crippen LogP contribution in [0.3, 0.4) is 0 Å². The zero-order valence-corrected chi connectivity index (χ0v) is 12.3. The summed E-state index contributed by atoms with van der Waals surface area (Å²) < 4.78 is 25.8. The molecular formula is C14H14N2O4S. The number of carboxylic acids is 1. The normalized spacial score (nSPS) is 11.6. The number of rotatable bonds is 4. The third kappa shape index (κ3) is 2.79. The van der Waals surface area contributed by atoms with Gasteiger partial charge in [-0.1, -0.05) is 18.2 Å². The third-order valence-corrected chi connectivity index (χ3v) is 4.81. The molecule has 2 aromatic rings. The highest BCUT2D eigenvalue weighted by atomic mass is 32.2. The van der Waals surface area contributed by atoms with Gasteiger partial charge in [0.1, 0.15) is 0 Å². The molecule has 7 heteroatoms. The Morgan fingerprint density at radius 1 is 1.14 bits per heavy atom. The molecule has 0 bridgehead atoms. The van der Waals surface area contributed by atoms with Gasteiger partial charge in [0.15, 0.2) is 0 Å². The zero-order valence-electron chi connectivity index (χ0n) is 11.5. The van der Waals surface area contributed by atoms with Crippen LogP contribution in [-0.2, 0) is 10.0 Å². The summed E-state index contributed by atoms with van der Waals surface area (Å²) in [5.74, 6) is -1.16. The van der Waals surface area contributed by atoms with E-state index in [1.165, 1.54) is 38.5 Å². The summed E-state index contributed by atoms with van der Waals surface area (Å²) in [5, 5.41) is 9.23. The van der Waals surface area contributed by atoms with Gasteiger partial charge < -0.3 is 5.11 Å². The topological polar surface area (TPSA) is 87.6 Å². The Kier molecular flexibility index (Phi) is 4.06. The second kappa shape index (κ2) is 5.63. The van der Waals surface area contributed by atoms with Gasteiger partial charge in [-0.2, -0.15) is 0 Å². The van der Waals surface area contributed by atoms with Crippen molar-refractivity contribution in [2.45, 2.75) is 4.90 Å². The van der Waals surface area contributed by atoms with E-state index in [1.54, 1.807) is 18.2 Å². The first-order valence-corrected chi connectivity index (χ1v) is 7.50. The van der Waals surface area contributed by atoms with Gasteiger partial charge in [0.25, 0.3) is 0 Å². The van der Waals surface area contributed by atoms with Gasteiger partial charge in [-0.25, -0.2) is 17.5 Å². The number of carbonyl (C=O) groups is 1. The number of pyridine rings is 1.